The molecular formula is C31H40N4O4. The lowest BCUT2D eigenvalue weighted by molar-refractivity contribution is -0.130. The maximum Gasteiger partial charge on any atom is 0.408 e. The summed E-state index contributed by atoms with van der Waals surface area (Å²) < 4.78 is 5.43. The van der Waals surface area contributed by atoms with Crippen LogP contribution in [0.15, 0.2) is 54.6 Å². The monoisotopic (exact) mass is 532 g/mol. The number of nitrogens with one attached hydrogen (secondary N) is 3. The first-order chi connectivity index (χ1) is 18.6. The summed E-state index contributed by atoms with van der Waals surface area (Å²) in [6, 6.07) is 16.9. The standard InChI is InChI=1S/C31H40N4O4/c1-31(2,3)39-30(38)35-27(19-23-12-8-5-9-13-23)29(37)34-26(18-22-10-6-4-7-11-22)28(36)33-21-25-16-14-24(20-32)15-17-25/h4,6-7,10-11,14-17,23,26-27H,5,8-9,12-13,18-19,21H2,1-3H3,(H,33,36)(H,34,37)(H,35,38)/t26-,27+/m0/s1. The number of ether oxygens (including phenoxy) is 1. The van der Waals surface area contributed by atoms with E-state index in [0.29, 0.717) is 24.3 Å². The van der Waals surface area contributed by atoms with Crippen LogP contribution in [0.5, 0.6) is 0 Å². The van der Waals surface area contributed by atoms with E-state index in [4.69, 9.17) is 10.00 Å². The summed E-state index contributed by atoms with van der Waals surface area (Å²) >= 11 is 0. The van der Waals surface area contributed by atoms with Gasteiger partial charge in [0.15, 0.2) is 0 Å². The van der Waals surface area contributed by atoms with Crippen molar-refractivity contribution in [2.75, 3.05) is 0 Å². The van der Waals surface area contributed by atoms with E-state index >= 15 is 0 Å². The Morgan fingerprint density at radius 3 is 2.18 bits per heavy atom. The third-order valence-corrected chi connectivity index (χ3v) is 6.77. The molecule has 2 aromatic carbocycles. The number of amides is 3. The second kappa shape index (κ2) is 14.3. The van der Waals surface area contributed by atoms with Crippen molar-refractivity contribution in [1.29, 1.82) is 5.26 Å². The molecule has 1 aliphatic rings. The van der Waals surface area contributed by atoms with Crippen molar-refractivity contribution in [3.05, 3.63) is 71.3 Å². The number of carbonyl (C=O) groups is 3. The number of nitrogens with zero attached hydrogens (tertiary/aromatic N) is 1. The van der Waals surface area contributed by atoms with Crippen molar-refractivity contribution in [1.82, 2.24) is 16.0 Å². The van der Waals surface area contributed by atoms with Gasteiger partial charge in [0.2, 0.25) is 11.8 Å². The zero-order valence-corrected chi connectivity index (χ0v) is 23.2. The van der Waals surface area contributed by atoms with Gasteiger partial charge in [-0.2, -0.15) is 5.26 Å². The molecular weight excluding hydrogens is 492 g/mol. The van der Waals surface area contributed by atoms with Crippen molar-refractivity contribution in [3.63, 3.8) is 0 Å². The van der Waals surface area contributed by atoms with Gasteiger partial charge in [-0.3, -0.25) is 9.59 Å². The quantitative estimate of drug-likeness (QED) is 0.407. The molecule has 1 fully saturated rings. The van der Waals surface area contributed by atoms with Crippen molar-refractivity contribution >= 4 is 17.9 Å². The van der Waals surface area contributed by atoms with E-state index in [1.54, 1.807) is 45.0 Å². The molecule has 2 aromatic rings. The Hall–Kier alpha value is -3.86. The lowest BCUT2D eigenvalue weighted by Crippen LogP contribution is -2.55. The zero-order valence-electron chi connectivity index (χ0n) is 23.2. The fourth-order valence-electron chi connectivity index (χ4n) is 4.78. The van der Waals surface area contributed by atoms with Gasteiger partial charge < -0.3 is 20.7 Å². The number of alkyl carbamates (subject to hydrolysis) is 1. The molecule has 0 heterocycles. The Labute approximate surface area is 231 Å². The molecule has 0 unspecified atom stereocenters. The Kier molecular flexibility index (Phi) is 10.9. The summed E-state index contributed by atoms with van der Waals surface area (Å²) in [7, 11) is 0. The second-order valence-electron chi connectivity index (χ2n) is 11.2. The van der Waals surface area contributed by atoms with E-state index in [2.05, 4.69) is 22.0 Å². The molecule has 0 spiro atoms. The van der Waals surface area contributed by atoms with Gasteiger partial charge in [-0.25, -0.2) is 4.79 Å². The van der Waals surface area contributed by atoms with Gasteiger partial charge in [0.1, 0.15) is 17.7 Å². The van der Waals surface area contributed by atoms with Crippen molar-refractivity contribution < 1.29 is 19.1 Å². The van der Waals surface area contributed by atoms with Gasteiger partial charge >= 0.3 is 6.09 Å². The third-order valence-electron chi connectivity index (χ3n) is 6.77. The molecule has 0 radical (unpaired) electrons. The number of rotatable bonds is 10. The van der Waals surface area contributed by atoms with Crippen LogP contribution in [-0.4, -0.2) is 35.6 Å². The number of hydrogen-bond donors (Lipinski definition) is 3. The van der Waals surface area contributed by atoms with Crippen LogP contribution in [0, 0.1) is 17.2 Å². The van der Waals surface area contributed by atoms with Gasteiger partial charge in [0, 0.05) is 13.0 Å². The summed E-state index contributed by atoms with van der Waals surface area (Å²) in [6.45, 7) is 5.58. The number of nitriles is 1. The Balaban J connectivity index is 1.73. The van der Waals surface area contributed by atoms with Crippen LogP contribution < -0.4 is 16.0 Å². The van der Waals surface area contributed by atoms with Gasteiger partial charge in [0.05, 0.1) is 11.6 Å². The van der Waals surface area contributed by atoms with Gasteiger partial charge in [-0.1, -0.05) is 74.6 Å². The SMILES string of the molecule is CC(C)(C)OC(=O)N[C@H](CC1CCCCC1)C(=O)N[C@@H](Cc1ccccc1)C(=O)NCc1ccc(C#N)cc1. The first kappa shape index (κ1) is 29.7. The molecule has 8 heteroatoms. The van der Waals surface area contributed by atoms with Crippen LogP contribution in [0.4, 0.5) is 4.79 Å². The summed E-state index contributed by atoms with van der Waals surface area (Å²) in [5.41, 5.74) is 1.59. The van der Waals surface area contributed by atoms with E-state index < -0.39 is 29.7 Å². The number of hydrogen-bond acceptors (Lipinski definition) is 5. The number of benzene rings is 2. The van der Waals surface area contributed by atoms with Crippen molar-refractivity contribution in [2.24, 2.45) is 5.92 Å². The molecule has 0 saturated heterocycles. The van der Waals surface area contributed by atoms with Crippen LogP contribution in [0.3, 0.4) is 0 Å². The summed E-state index contributed by atoms with van der Waals surface area (Å²) in [5, 5.41) is 17.6. The first-order valence-corrected chi connectivity index (χ1v) is 13.7. The normalized spacial score (nSPS) is 15.3. The lowest BCUT2D eigenvalue weighted by Gasteiger charge is -2.29. The van der Waals surface area contributed by atoms with Crippen LogP contribution in [0.25, 0.3) is 0 Å². The topological polar surface area (TPSA) is 120 Å². The average Bonchev–Trinajstić information content (AvgIpc) is 2.91. The molecule has 0 aliphatic heterocycles. The predicted molar refractivity (Wildman–Crippen MR) is 149 cm³/mol. The lowest BCUT2D eigenvalue weighted by atomic mass is 9.84. The van der Waals surface area contributed by atoms with Crippen LogP contribution in [0.2, 0.25) is 0 Å². The van der Waals surface area contributed by atoms with Crippen molar-refractivity contribution in [2.45, 2.75) is 89.9 Å². The molecule has 3 N–H and O–H groups in total. The summed E-state index contributed by atoms with van der Waals surface area (Å²) in [6.07, 6.45) is 5.58. The highest BCUT2D eigenvalue weighted by Crippen LogP contribution is 2.27. The largest absolute Gasteiger partial charge is 0.444 e. The van der Waals surface area contributed by atoms with E-state index in [9.17, 15) is 14.4 Å². The van der Waals surface area contributed by atoms with E-state index in [-0.39, 0.29) is 12.5 Å². The van der Waals surface area contributed by atoms with Gasteiger partial charge in [0.25, 0.3) is 0 Å². The minimum atomic E-state index is -0.840. The summed E-state index contributed by atoms with van der Waals surface area (Å²) in [5.74, 6) is -0.409. The Morgan fingerprint density at radius 2 is 1.56 bits per heavy atom. The third kappa shape index (κ3) is 10.4. The van der Waals surface area contributed by atoms with Crippen LogP contribution >= 0.6 is 0 Å². The molecule has 3 amide bonds. The number of carbonyl (C=O) groups excluding carboxylic acids is 3. The summed E-state index contributed by atoms with van der Waals surface area (Å²) in [4.78, 5) is 39.5. The highest BCUT2D eigenvalue weighted by Gasteiger charge is 2.31. The van der Waals surface area contributed by atoms with Crippen LogP contribution in [0.1, 0.15) is 76.0 Å². The highest BCUT2D eigenvalue weighted by atomic mass is 16.6. The van der Waals surface area contributed by atoms with E-state index in [0.717, 1.165) is 36.8 Å². The molecule has 0 bridgehead atoms. The molecule has 208 valence electrons. The Morgan fingerprint density at radius 1 is 0.897 bits per heavy atom. The van der Waals surface area contributed by atoms with E-state index in [1.807, 2.05) is 30.3 Å². The maximum absolute atomic E-state index is 13.6. The minimum absolute atomic E-state index is 0.257. The molecule has 39 heavy (non-hydrogen) atoms. The fourth-order valence-corrected chi connectivity index (χ4v) is 4.78. The minimum Gasteiger partial charge on any atom is -0.444 e. The highest BCUT2D eigenvalue weighted by molar-refractivity contribution is 5.91. The Bertz CT molecular complexity index is 1130. The van der Waals surface area contributed by atoms with Gasteiger partial charge in [-0.15, -0.1) is 0 Å². The molecule has 8 nitrogen and oxygen atoms in total. The molecule has 1 aliphatic carbocycles. The van der Waals surface area contributed by atoms with E-state index in [1.165, 1.54) is 6.42 Å². The molecule has 2 atom stereocenters. The van der Waals surface area contributed by atoms with Crippen LogP contribution in [-0.2, 0) is 27.3 Å². The fraction of sp³-hybridized carbons (Fsp3) is 0.484. The molecule has 0 aromatic heterocycles. The first-order valence-electron chi connectivity index (χ1n) is 13.7. The zero-order chi connectivity index (χ0) is 28.3. The smallest absolute Gasteiger partial charge is 0.408 e. The second-order valence-corrected chi connectivity index (χ2v) is 11.2. The van der Waals surface area contributed by atoms with Gasteiger partial charge in [-0.05, 0) is 56.4 Å². The van der Waals surface area contributed by atoms with Crippen molar-refractivity contribution in [3.8, 4) is 6.07 Å². The average molecular weight is 533 g/mol. The molecule has 3 rings (SSSR count). The predicted octanol–water partition coefficient (Wildman–Crippen LogP) is 4.77. The maximum atomic E-state index is 13.6. The molecule has 1 saturated carbocycles.